The molecular weight excluding hydrogens is 230 g/mol. The zero-order valence-corrected chi connectivity index (χ0v) is 10.2. The Morgan fingerprint density at radius 2 is 2.06 bits per heavy atom. The van der Waals surface area contributed by atoms with Crippen molar-refractivity contribution in [2.75, 3.05) is 7.11 Å². The van der Waals surface area contributed by atoms with Gasteiger partial charge in [0.15, 0.2) is 0 Å². The first kappa shape index (κ1) is 11.0. The lowest BCUT2D eigenvalue weighted by Gasteiger charge is -2.05. The molecule has 1 atom stereocenters. The predicted octanol–water partition coefficient (Wildman–Crippen LogP) is 3.04. The first-order chi connectivity index (χ1) is 8.70. The molecule has 1 N–H and O–H groups in total. The van der Waals surface area contributed by atoms with Gasteiger partial charge in [-0.1, -0.05) is 12.1 Å². The fraction of sp³-hybridized carbons (Fsp3) is 0.214. The number of pyridine rings is 1. The summed E-state index contributed by atoms with van der Waals surface area (Å²) in [6.45, 7) is 1.66. The summed E-state index contributed by atoms with van der Waals surface area (Å²) in [4.78, 5) is 4.43. The highest BCUT2D eigenvalue weighted by atomic mass is 16.5. The Morgan fingerprint density at radius 3 is 2.78 bits per heavy atom. The maximum Gasteiger partial charge on any atom is 0.230 e. The maximum absolute atomic E-state index is 9.56. The van der Waals surface area contributed by atoms with Crippen LogP contribution in [0.5, 0.6) is 5.75 Å². The van der Waals surface area contributed by atoms with Crippen LogP contribution in [0.1, 0.15) is 18.8 Å². The number of nitrogens with zero attached hydrogens (tertiary/aromatic N) is 1. The number of aliphatic hydroxyl groups excluding tert-OH is 1. The third-order valence-corrected chi connectivity index (χ3v) is 2.96. The standard InChI is InChI=1S/C14H13NO3/c1-8(16)12-7-10-13(17-2)9-5-3-4-6-11(9)15-14(10)18-12/h3-8,16H,1-2H3/t8-/m1/s1. The van der Waals surface area contributed by atoms with E-state index in [0.29, 0.717) is 11.5 Å². The van der Waals surface area contributed by atoms with Gasteiger partial charge in [-0.15, -0.1) is 0 Å². The third-order valence-electron chi connectivity index (χ3n) is 2.96. The van der Waals surface area contributed by atoms with Crippen molar-refractivity contribution < 1.29 is 14.3 Å². The molecule has 2 heterocycles. The van der Waals surface area contributed by atoms with Crippen molar-refractivity contribution >= 4 is 22.0 Å². The van der Waals surface area contributed by atoms with Crippen LogP contribution in [-0.4, -0.2) is 17.2 Å². The minimum Gasteiger partial charge on any atom is -0.495 e. The molecule has 2 aromatic heterocycles. The molecule has 4 nitrogen and oxygen atoms in total. The molecule has 0 unspecified atom stereocenters. The lowest BCUT2D eigenvalue weighted by molar-refractivity contribution is 0.172. The Balaban J connectivity index is 2.42. The van der Waals surface area contributed by atoms with Gasteiger partial charge in [0.05, 0.1) is 18.0 Å². The average molecular weight is 243 g/mol. The second-order valence-electron chi connectivity index (χ2n) is 4.21. The summed E-state index contributed by atoms with van der Waals surface area (Å²) in [6.07, 6.45) is -0.660. The van der Waals surface area contributed by atoms with Gasteiger partial charge in [0, 0.05) is 5.39 Å². The third kappa shape index (κ3) is 1.54. The van der Waals surface area contributed by atoms with Crippen LogP contribution in [0.3, 0.4) is 0 Å². The van der Waals surface area contributed by atoms with E-state index in [0.717, 1.165) is 22.0 Å². The molecule has 3 aromatic rings. The molecule has 1 aromatic carbocycles. The van der Waals surface area contributed by atoms with E-state index in [1.165, 1.54) is 0 Å². The van der Waals surface area contributed by atoms with Crippen LogP contribution in [0.2, 0.25) is 0 Å². The van der Waals surface area contributed by atoms with Crippen LogP contribution in [0, 0.1) is 0 Å². The number of benzene rings is 1. The zero-order chi connectivity index (χ0) is 12.7. The molecule has 0 amide bonds. The Labute approximate surface area is 104 Å². The fourth-order valence-electron chi connectivity index (χ4n) is 2.09. The van der Waals surface area contributed by atoms with Gasteiger partial charge in [-0.2, -0.15) is 0 Å². The number of methoxy groups -OCH3 is 1. The van der Waals surface area contributed by atoms with Crippen LogP contribution in [0.15, 0.2) is 34.7 Å². The quantitative estimate of drug-likeness (QED) is 0.751. The molecule has 0 bridgehead atoms. The molecule has 0 aliphatic carbocycles. The summed E-state index contributed by atoms with van der Waals surface area (Å²) in [7, 11) is 1.62. The number of rotatable bonds is 2. The summed E-state index contributed by atoms with van der Waals surface area (Å²) < 4.78 is 11.0. The molecular formula is C14H13NO3. The van der Waals surface area contributed by atoms with E-state index in [2.05, 4.69) is 4.98 Å². The fourth-order valence-corrected chi connectivity index (χ4v) is 2.09. The number of hydrogen-bond donors (Lipinski definition) is 1. The van der Waals surface area contributed by atoms with Crippen LogP contribution in [-0.2, 0) is 0 Å². The van der Waals surface area contributed by atoms with E-state index in [-0.39, 0.29) is 0 Å². The molecule has 92 valence electrons. The van der Waals surface area contributed by atoms with Crippen molar-refractivity contribution in [3.8, 4) is 5.75 Å². The Morgan fingerprint density at radius 1 is 1.28 bits per heavy atom. The van der Waals surface area contributed by atoms with E-state index in [1.807, 2.05) is 24.3 Å². The van der Waals surface area contributed by atoms with E-state index >= 15 is 0 Å². The Kier molecular flexibility index (Phi) is 2.45. The number of hydrogen-bond acceptors (Lipinski definition) is 4. The molecule has 4 heteroatoms. The zero-order valence-electron chi connectivity index (χ0n) is 10.2. The molecule has 0 saturated carbocycles. The highest BCUT2D eigenvalue weighted by Gasteiger charge is 2.16. The van der Waals surface area contributed by atoms with Crippen LogP contribution < -0.4 is 4.74 Å². The minimum absolute atomic E-state index is 0.487. The number of para-hydroxylation sites is 1. The molecule has 3 rings (SSSR count). The van der Waals surface area contributed by atoms with Gasteiger partial charge >= 0.3 is 0 Å². The highest BCUT2D eigenvalue weighted by molar-refractivity contribution is 5.99. The molecule has 0 spiro atoms. The van der Waals surface area contributed by atoms with Crippen molar-refractivity contribution in [1.82, 2.24) is 4.98 Å². The number of fused-ring (bicyclic) bond motifs is 2. The van der Waals surface area contributed by atoms with Gasteiger partial charge in [-0.25, -0.2) is 4.98 Å². The number of aliphatic hydroxyl groups is 1. The minimum atomic E-state index is -0.660. The van der Waals surface area contributed by atoms with E-state index in [4.69, 9.17) is 9.15 Å². The molecule has 18 heavy (non-hydrogen) atoms. The monoisotopic (exact) mass is 243 g/mol. The van der Waals surface area contributed by atoms with Gasteiger partial charge < -0.3 is 14.3 Å². The van der Waals surface area contributed by atoms with Crippen LogP contribution in [0.4, 0.5) is 0 Å². The topological polar surface area (TPSA) is 55.5 Å². The van der Waals surface area contributed by atoms with Crippen molar-refractivity contribution in [1.29, 1.82) is 0 Å². The molecule has 0 radical (unpaired) electrons. The number of ether oxygens (including phenoxy) is 1. The maximum atomic E-state index is 9.56. The normalized spacial score (nSPS) is 13.1. The first-order valence-corrected chi connectivity index (χ1v) is 5.75. The van der Waals surface area contributed by atoms with E-state index < -0.39 is 6.10 Å². The average Bonchev–Trinajstić information content (AvgIpc) is 2.79. The van der Waals surface area contributed by atoms with Crippen molar-refractivity contribution in [3.05, 3.63) is 36.1 Å². The van der Waals surface area contributed by atoms with Crippen LogP contribution >= 0.6 is 0 Å². The highest BCUT2D eigenvalue weighted by Crippen LogP contribution is 2.35. The lowest BCUT2D eigenvalue weighted by Crippen LogP contribution is -1.88. The Hall–Kier alpha value is -2.07. The summed E-state index contributed by atoms with van der Waals surface area (Å²) in [5.41, 5.74) is 1.30. The second kappa shape index (κ2) is 3.99. The van der Waals surface area contributed by atoms with Crippen molar-refractivity contribution in [2.45, 2.75) is 13.0 Å². The smallest absolute Gasteiger partial charge is 0.230 e. The van der Waals surface area contributed by atoms with Gasteiger partial charge in [-0.05, 0) is 25.1 Å². The predicted molar refractivity (Wildman–Crippen MR) is 68.7 cm³/mol. The SMILES string of the molecule is COc1c2ccccc2nc2oc([C@@H](C)O)cc12. The van der Waals surface area contributed by atoms with E-state index in [9.17, 15) is 5.11 Å². The van der Waals surface area contributed by atoms with Gasteiger partial charge in [0.1, 0.15) is 17.6 Å². The summed E-state index contributed by atoms with van der Waals surface area (Å²) in [5.74, 6) is 1.22. The molecule has 0 aliphatic rings. The van der Waals surface area contributed by atoms with Gasteiger partial charge in [-0.3, -0.25) is 0 Å². The second-order valence-corrected chi connectivity index (χ2v) is 4.21. The first-order valence-electron chi connectivity index (χ1n) is 5.75. The van der Waals surface area contributed by atoms with Crippen molar-refractivity contribution in [3.63, 3.8) is 0 Å². The lowest BCUT2D eigenvalue weighted by atomic mass is 10.1. The summed E-state index contributed by atoms with van der Waals surface area (Å²) in [6, 6.07) is 9.49. The van der Waals surface area contributed by atoms with Crippen LogP contribution in [0.25, 0.3) is 22.0 Å². The molecule has 0 saturated heterocycles. The molecule has 0 aliphatic heterocycles. The summed E-state index contributed by atoms with van der Waals surface area (Å²) in [5, 5.41) is 11.3. The van der Waals surface area contributed by atoms with Gasteiger partial charge in [0.25, 0.3) is 0 Å². The number of furan rings is 1. The van der Waals surface area contributed by atoms with Crippen molar-refractivity contribution in [2.24, 2.45) is 0 Å². The summed E-state index contributed by atoms with van der Waals surface area (Å²) >= 11 is 0. The van der Waals surface area contributed by atoms with Gasteiger partial charge in [0.2, 0.25) is 5.71 Å². The Bertz CT molecular complexity index is 715. The number of aromatic nitrogens is 1. The molecule has 0 fully saturated rings. The largest absolute Gasteiger partial charge is 0.495 e. The van der Waals surface area contributed by atoms with E-state index in [1.54, 1.807) is 20.1 Å².